The van der Waals surface area contributed by atoms with Crippen LogP contribution in [0.4, 0.5) is 0 Å². The van der Waals surface area contributed by atoms with Crippen LogP contribution in [-0.2, 0) is 4.79 Å². The number of carbonyl (C=O) groups excluding carboxylic acids is 2. The molecule has 31 heavy (non-hydrogen) atoms. The molecule has 1 atom stereocenters. The van der Waals surface area contributed by atoms with Gasteiger partial charge >= 0.3 is 5.97 Å². The van der Waals surface area contributed by atoms with Crippen LogP contribution in [0, 0.1) is 0 Å². The van der Waals surface area contributed by atoms with E-state index in [-0.39, 0.29) is 34.7 Å². The average Bonchev–Trinajstić information content (AvgIpc) is 3.10. The van der Waals surface area contributed by atoms with E-state index in [1.165, 1.54) is 13.4 Å². The number of benzene rings is 2. The number of ether oxygens (including phenoxy) is 3. The molecule has 2 aromatic carbocycles. The lowest BCUT2D eigenvalue weighted by Crippen LogP contribution is -2.25. The van der Waals surface area contributed by atoms with Gasteiger partial charge in [0.2, 0.25) is 5.78 Å². The summed E-state index contributed by atoms with van der Waals surface area (Å²) in [5, 5.41) is 0.340. The summed E-state index contributed by atoms with van der Waals surface area (Å²) in [4.78, 5) is 38.5. The number of rotatable bonds is 2. The molecule has 1 aromatic heterocycles. The van der Waals surface area contributed by atoms with Gasteiger partial charge in [-0.2, -0.15) is 0 Å². The first-order valence-electron chi connectivity index (χ1n) is 9.76. The van der Waals surface area contributed by atoms with Gasteiger partial charge in [-0.1, -0.05) is 0 Å². The topological polar surface area (TPSA) is 92.0 Å². The van der Waals surface area contributed by atoms with Crippen LogP contribution >= 0.6 is 0 Å². The summed E-state index contributed by atoms with van der Waals surface area (Å²) in [5.41, 5.74) is 2.02. The summed E-state index contributed by atoms with van der Waals surface area (Å²) in [7, 11) is 1.51. The number of allylic oxidation sites excluding steroid dienone is 2. The van der Waals surface area contributed by atoms with Crippen LogP contribution in [0.25, 0.3) is 11.0 Å². The highest BCUT2D eigenvalue weighted by Gasteiger charge is 2.39. The Hall–Kier alpha value is -3.87. The first-order chi connectivity index (χ1) is 14.9. The molecule has 5 rings (SSSR count). The monoisotopic (exact) mass is 418 g/mol. The van der Waals surface area contributed by atoms with Crippen molar-refractivity contribution < 1.29 is 28.2 Å². The van der Waals surface area contributed by atoms with Crippen molar-refractivity contribution in [1.82, 2.24) is 0 Å². The molecule has 7 heteroatoms. The summed E-state index contributed by atoms with van der Waals surface area (Å²) < 4.78 is 22.2. The number of ketones is 1. The fourth-order valence-corrected chi connectivity index (χ4v) is 4.08. The molecular formula is C24H18O7. The fraction of sp³-hybridized carbons (Fsp3) is 0.208. The first kappa shape index (κ1) is 19.1. The summed E-state index contributed by atoms with van der Waals surface area (Å²) in [5.74, 6) is -0.0347. The Kier molecular flexibility index (Phi) is 4.22. The second kappa shape index (κ2) is 6.84. The summed E-state index contributed by atoms with van der Waals surface area (Å²) >= 11 is 0. The molecule has 0 bridgehead atoms. The molecule has 0 unspecified atom stereocenters. The van der Waals surface area contributed by atoms with Crippen molar-refractivity contribution in [3.63, 3.8) is 0 Å². The predicted molar refractivity (Wildman–Crippen MR) is 111 cm³/mol. The van der Waals surface area contributed by atoms with Crippen molar-refractivity contribution in [3.8, 4) is 17.2 Å². The number of methoxy groups -OCH3 is 1. The SMILES string of the molecule is COc1ccc2occ([C@H]3CC(=O)Oc4ccc5c(c43)OC(=C(C)C)C5=O)c(=O)c2c1. The van der Waals surface area contributed by atoms with Crippen molar-refractivity contribution in [2.75, 3.05) is 7.11 Å². The number of hydrogen-bond acceptors (Lipinski definition) is 7. The number of fused-ring (bicyclic) bond motifs is 4. The zero-order chi connectivity index (χ0) is 21.9. The Morgan fingerprint density at radius 3 is 2.61 bits per heavy atom. The number of carbonyl (C=O) groups is 2. The molecule has 0 amide bonds. The Bertz CT molecular complexity index is 1370. The molecule has 2 aliphatic rings. The molecule has 0 saturated carbocycles. The second-order valence-electron chi connectivity index (χ2n) is 7.73. The third kappa shape index (κ3) is 2.84. The van der Waals surface area contributed by atoms with Gasteiger partial charge in [-0.05, 0) is 49.8 Å². The van der Waals surface area contributed by atoms with Crippen molar-refractivity contribution >= 4 is 22.7 Å². The Labute approximate surface area is 176 Å². The lowest BCUT2D eigenvalue weighted by molar-refractivity contribution is -0.135. The third-order valence-corrected chi connectivity index (χ3v) is 5.59. The smallest absolute Gasteiger partial charge is 0.312 e. The van der Waals surface area contributed by atoms with Crippen LogP contribution in [0.2, 0.25) is 0 Å². The van der Waals surface area contributed by atoms with Crippen molar-refractivity contribution in [3.05, 3.63) is 74.8 Å². The summed E-state index contributed by atoms with van der Waals surface area (Å²) in [6, 6.07) is 8.10. The van der Waals surface area contributed by atoms with Crippen LogP contribution in [0.5, 0.6) is 17.2 Å². The Morgan fingerprint density at radius 1 is 1.06 bits per heavy atom. The normalized spacial score (nSPS) is 17.1. The van der Waals surface area contributed by atoms with E-state index in [2.05, 4.69) is 0 Å². The molecule has 0 N–H and O–H groups in total. The van der Waals surface area contributed by atoms with Gasteiger partial charge < -0.3 is 18.6 Å². The van der Waals surface area contributed by atoms with E-state index in [1.807, 2.05) is 0 Å². The molecular weight excluding hydrogens is 400 g/mol. The van der Waals surface area contributed by atoms with Crippen LogP contribution in [0.1, 0.15) is 47.7 Å². The van der Waals surface area contributed by atoms with Gasteiger partial charge in [0, 0.05) is 17.0 Å². The minimum atomic E-state index is -0.678. The van der Waals surface area contributed by atoms with Crippen LogP contribution in [0.3, 0.4) is 0 Å². The van der Waals surface area contributed by atoms with Gasteiger partial charge in [0.1, 0.15) is 22.8 Å². The summed E-state index contributed by atoms with van der Waals surface area (Å²) in [6.45, 7) is 3.57. The number of Topliss-reactive ketones (excluding diaryl/α,β-unsaturated/α-hetero) is 1. The van der Waals surface area contributed by atoms with Crippen molar-refractivity contribution in [2.45, 2.75) is 26.2 Å². The van der Waals surface area contributed by atoms with E-state index in [1.54, 1.807) is 44.2 Å². The molecule has 7 nitrogen and oxygen atoms in total. The lowest BCUT2D eigenvalue weighted by atomic mass is 9.85. The quantitative estimate of drug-likeness (QED) is 0.351. The Balaban J connectivity index is 1.75. The maximum Gasteiger partial charge on any atom is 0.312 e. The molecule has 0 spiro atoms. The van der Waals surface area contributed by atoms with Gasteiger partial charge in [0.25, 0.3) is 0 Å². The summed E-state index contributed by atoms with van der Waals surface area (Å²) in [6.07, 6.45) is 1.29. The minimum Gasteiger partial charge on any atom is -0.497 e. The minimum absolute atomic E-state index is 0.0780. The second-order valence-corrected chi connectivity index (χ2v) is 7.73. The fourth-order valence-electron chi connectivity index (χ4n) is 4.08. The van der Waals surface area contributed by atoms with Crippen LogP contribution in [0.15, 0.2) is 57.1 Å². The van der Waals surface area contributed by atoms with Gasteiger partial charge in [0.05, 0.1) is 30.7 Å². The zero-order valence-electron chi connectivity index (χ0n) is 17.1. The van der Waals surface area contributed by atoms with E-state index in [9.17, 15) is 14.4 Å². The highest BCUT2D eigenvalue weighted by atomic mass is 16.5. The van der Waals surface area contributed by atoms with Gasteiger partial charge in [0.15, 0.2) is 11.2 Å². The molecule has 0 saturated heterocycles. The highest BCUT2D eigenvalue weighted by Crippen LogP contribution is 2.48. The number of esters is 1. The zero-order valence-corrected chi connectivity index (χ0v) is 17.1. The predicted octanol–water partition coefficient (Wildman–Crippen LogP) is 4.11. The third-order valence-electron chi connectivity index (χ3n) is 5.59. The van der Waals surface area contributed by atoms with Crippen molar-refractivity contribution in [2.24, 2.45) is 0 Å². The maximum absolute atomic E-state index is 13.4. The van der Waals surface area contributed by atoms with Crippen molar-refractivity contribution in [1.29, 1.82) is 0 Å². The standard InChI is InChI=1S/C24H18O7/c1-11(2)23-22(27)13-5-7-18-20(24(13)31-23)14(9-19(25)30-18)16-10-29-17-6-4-12(28-3)8-15(17)21(16)26/h4-8,10,14H,9H2,1-3H3/t14-/m1/s1. The van der Waals surface area contributed by atoms with Crippen LogP contribution in [-0.4, -0.2) is 18.9 Å². The van der Waals surface area contributed by atoms with Gasteiger partial charge in [-0.3, -0.25) is 14.4 Å². The van der Waals surface area contributed by atoms with Crippen LogP contribution < -0.4 is 19.6 Å². The Morgan fingerprint density at radius 2 is 1.87 bits per heavy atom. The van der Waals surface area contributed by atoms with Gasteiger partial charge in [-0.25, -0.2) is 0 Å². The molecule has 0 fully saturated rings. The van der Waals surface area contributed by atoms with E-state index >= 15 is 0 Å². The first-order valence-corrected chi connectivity index (χ1v) is 9.76. The molecule has 3 aromatic rings. The number of hydrogen-bond donors (Lipinski definition) is 0. The molecule has 3 heterocycles. The van der Waals surface area contributed by atoms with E-state index < -0.39 is 11.9 Å². The van der Waals surface area contributed by atoms with E-state index in [0.29, 0.717) is 33.6 Å². The molecule has 2 aliphatic heterocycles. The lowest BCUT2D eigenvalue weighted by Gasteiger charge is -2.25. The average molecular weight is 418 g/mol. The maximum atomic E-state index is 13.4. The molecule has 0 aliphatic carbocycles. The largest absolute Gasteiger partial charge is 0.497 e. The van der Waals surface area contributed by atoms with E-state index in [4.69, 9.17) is 18.6 Å². The van der Waals surface area contributed by atoms with E-state index in [0.717, 1.165) is 5.57 Å². The molecule has 0 radical (unpaired) electrons. The molecule has 156 valence electrons. The van der Waals surface area contributed by atoms with Gasteiger partial charge in [-0.15, -0.1) is 0 Å². The highest BCUT2D eigenvalue weighted by molar-refractivity contribution is 6.13.